The molecule has 3 N–H and O–H groups in total. The van der Waals surface area contributed by atoms with Crippen LogP contribution in [0.15, 0.2) is 42.4 Å². The van der Waals surface area contributed by atoms with Gasteiger partial charge in [0.05, 0.1) is 17.8 Å². The average molecular weight is 382 g/mol. The van der Waals surface area contributed by atoms with Crippen LogP contribution < -0.4 is 10.6 Å². The highest BCUT2D eigenvalue weighted by Crippen LogP contribution is 2.27. The quantitative estimate of drug-likeness (QED) is 0.681. The number of aromatic nitrogens is 2. The standard InChI is InChI=1S/C21H26N4O3/c1-4-5-19(26)18-6-13(2)16(11-23-18)17-7-14-10-24-20(8-15(14)9-22-17)25-21(27)12-28-3/h6-11,18-19,23,26H,4-5,12H2,1-3H3,(H,24,25,27). The summed E-state index contributed by atoms with van der Waals surface area (Å²) in [5.41, 5.74) is 2.89. The number of anilines is 1. The first kappa shape index (κ1) is 20.0. The van der Waals surface area contributed by atoms with E-state index in [-0.39, 0.29) is 18.6 Å². The van der Waals surface area contributed by atoms with Gasteiger partial charge in [-0.3, -0.25) is 9.78 Å². The first-order valence-corrected chi connectivity index (χ1v) is 9.40. The van der Waals surface area contributed by atoms with Gasteiger partial charge in [0.15, 0.2) is 0 Å². The van der Waals surface area contributed by atoms with Crippen molar-refractivity contribution in [2.45, 2.75) is 38.8 Å². The second-order valence-corrected chi connectivity index (χ2v) is 6.92. The van der Waals surface area contributed by atoms with Gasteiger partial charge in [-0.2, -0.15) is 0 Å². The summed E-state index contributed by atoms with van der Waals surface area (Å²) in [6.45, 7) is 4.07. The maximum atomic E-state index is 11.6. The van der Waals surface area contributed by atoms with Crippen LogP contribution in [-0.2, 0) is 9.53 Å². The molecule has 7 heteroatoms. The molecule has 7 nitrogen and oxygen atoms in total. The van der Waals surface area contributed by atoms with Crippen molar-refractivity contribution in [3.05, 3.63) is 48.1 Å². The summed E-state index contributed by atoms with van der Waals surface area (Å²) in [5, 5.41) is 18.0. The van der Waals surface area contributed by atoms with Crippen molar-refractivity contribution in [2.24, 2.45) is 0 Å². The number of methoxy groups -OCH3 is 1. The van der Waals surface area contributed by atoms with E-state index in [1.165, 1.54) is 7.11 Å². The largest absolute Gasteiger partial charge is 0.391 e. The Bertz CT molecular complexity index is 923. The molecule has 0 bridgehead atoms. The molecular formula is C21H26N4O3. The van der Waals surface area contributed by atoms with E-state index in [0.29, 0.717) is 5.82 Å². The maximum absolute atomic E-state index is 11.6. The van der Waals surface area contributed by atoms with Gasteiger partial charge in [0.25, 0.3) is 5.91 Å². The first-order valence-electron chi connectivity index (χ1n) is 9.40. The van der Waals surface area contributed by atoms with Gasteiger partial charge in [-0.25, -0.2) is 4.98 Å². The Kier molecular flexibility index (Phi) is 6.38. The van der Waals surface area contributed by atoms with Gasteiger partial charge in [0.2, 0.25) is 0 Å². The number of aliphatic hydroxyl groups is 1. The molecule has 0 spiro atoms. The number of nitrogens with one attached hydrogen (secondary N) is 2. The molecule has 28 heavy (non-hydrogen) atoms. The van der Waals surface area contributed by atoms with Gasteiger partial charge in [-0.05, 0) is 31.1 Å². The minimum absolute atomic E-state index is 0.0163. The number of rotatable bonds is 7. The summed E-state index contributed by atoms with van der Waals surface area (Å²) in [6.07, 6.45) is 8.74. The van der Waals surface area contributed by atoms with Crippen molar-refractivity contribution in [1.29, 1.82) is 0 Å². The molecule has 0 aliphatic carbocycles. The Morgan fingerprint density at radius 3 is 2.79 bits per heavy atom. The fraction of sp³-hybridized carbons (Fsp3) is 0.381. The van der Waals surface area contributed by atoms with E-state index in [1.54, 1.807) is 18.5 Å². The van der Waals surface area contributed by atoms with E-state index in [4.69, 9.17) is 4.74 Å². The summed E-state index contributed by atoms with van der Waals surface area (Å²) in [4.78, 5) is 20.5. The van der Waals surface area contributed by atoms with Gasteiger partial charge >= 0.3 is 0 Å². The van der Waals surface area contributed by atoms with Crippen LogP contribution in [0.3, 0.4) is 0 Å². The van der Waals surface area contributed by atoms with Crippen LogP contribution in [0.1, 0.15) is 32.4 Å². The van der Waals surface area contributed by atoms with E-state index in [0.717, 1.165) is 40.5 Å². The number of pyridine rings is 2. The number of ether oxygens (including phenoxy) is 1. The topological polar surface area (TPSA) is 96.4 Å². The molecule has 2 aromatic rings. The number of allylic oxidation sites excluding steroid dienone is 2. The summed E-state index contributed by atoms with van der Waals surface area (Å²) in [7, 11) is 1.47. The fourth-order valence-corrected chi connectivity index (χ4v) is 3.24. The number of fused-ring (bicyclic) bond motifs is 1. The molecule has 2 unspecified atom stereocenters. The number of amides is 1. The monoisotopic (exact) mass is 382 g/mol. The van der Waals surface area contributed by atoms with Crippen molar-refractivity contribution in [2.75, 3.05) is 19.0 Å². The molecule has 0 saturated carbocycles. The van der Waals surface area contributed by atoms with E-state index in [1.807, 2.05) is 25.3 Å². The first-order chi connectivity index (χ1) is 13.5. The molecule has 0 fully saturated rings. The van der Waals surface area contributed by atoms with Gasteiger partial charge in [-0.1, -0.05) is 19.4 Å². The van der Waals surface area contributed by atoms with Crippen LogP contribution in [0.2, 0.25) is 0 Å². The molecule has 3 rings (SSSR count). The van der Waals surface area contributed by atoms with E-state index in [2.05, 4.69) is 27.5 Å². The van der Waals surface area contributed by atoms with Crippen molar-refractivity contribution in [3.8, 4) is 0 Å². The Morgan fingerprint density at radius 2 is 2.07 bits per heavy atom. The molecule has 2 atom stereocenters. The molecule has 1 amide bonds. The predicted octanol–water partition coefficient (Wildman–Crippen LogP) is 2.63. The van der Waals surface area contributed by atoms with Crippen molar-refractivity contribution in [1.82, 2.24) is 15.3 Å². The number of carbonyl (C=O) groups excluding carboxylic acids is 1. The number of hydrogen-bond acceptors (Lipinski definition) is 6. The third kappa shape index (κ3) is 4.55. The second kappa shape index (κ2) is 8.95. The SMILES string of the molecule is CCCC(O)C1C=C(C)C(c2cc3cnc(NC(=O)COC)cc3cn2)=CN1. The van der Waals surface area contributed by atoms with E-state index < -0.39 is 6.10 Å². The summed E-state index contributed by atoms with van der Waals surface area (Å²) in [6, 6.07) is 3.67. The summed E-state index contributed by atoms with van der Waals surface area (Å²) >= 11 is 0. The molecule has 2 aromatic heterocycles. The second-order valence-electron chi connectivity index (χ2n) is 6.92. The zero-order valence-electron chi connectivity index (χ0n) is 16.4. The highest BCUT2D eigenvalue weighted by Gasteiger charge is 2.20. The van der Waals surface area contributed by atoms with E-state index >= 15 is 0 Å². The van der Waals surface area contributed by atoms with Crippen molar-refractivity contribution < 1.29 is 14.6 Å². The van der Waals surface area contributed by atoms with Crippen LogP contribution in [0.25, 0.3) is 16.3 Å². The van der Waals surface area contributed by atoms with Crippen LogP contribution in [-0.4, -0.2) is 46.8 Å². The Balaban J connectivity index is 1.79. The summed E-state index contributed by atoms with van der Waals surface area (Å²) < 4.78 is 4.81. The maximum Gasteiger partial charge on any atom is 0.251 e. The number of hydrogen-bond donors (Lipinski definition) is 3. The predicted molar refractivity (Wildman–Crippen MR) is 110 cm³/mol. The van der Waals surface area contributed by atoms with Crippen LogP contribution >= 0.6 is 0 Å². The van der Waals surface area contributed by atoms with Gasteiger partial charge in [-0.15, -0.1) is 0 Å². The Hall–Kier alpha value is -2.77. The Morgan fingerprint density at radius 1 is 1.32 bits per heavy atom. The van der Waals surface area contributed by atoms with E-state index in [9.17, 15) is 9.90 Å². The molecule has 0 aromatic carbocycles. The molecule has 0 radical (unpaired) electrons. The minimum atomic E-state index is -0.404. The van der Waals surface area contributed by atoms with Crippen LogP contribution in [0.5, 0.6) is 0 Å². The molecule has 148 valence electrons. The van der Waals surface area contributed by atoms with Gasteiger partial charge < -0.3 is 20.5 Å². The van der Waals surface area contributed by atoms with Crippen LogP contribution in [0, 0.1) is 0 Å². The lowest BCUT2D eigenvalue weighted by molar-refractivity contribution is -0.119. The lowest BCUT2D eigenvalue weighted by atomic mass is 9.95. The van der Waals surface area contributed by atoms with Gasteiger partial charge in [0.1, 0.15) is 12.4 Å². The third-order valence-corrected chi connectivity index (χ3v) is 4.70. The molecule has 3 heterocycles. The smallest absolute Gasteiger partial charge is 0.251 e. The fourth-order valence-electron chi connectivity index (χ4n) is 3.24. The van der Waals surface area contributed by atoms with Crippen molar-refractivity contribution >= 4 is 28.1 Å². The Labute approximate surface area is 164 Å². The number of carbonyl (C=O) groups is 1. The molecule has 0 saturated heterocycles. The lowest BCUT2D eigenvalue weighted by Crippen LogP contribution is -2.37. The highest BCUT2D eigenvalue weighted by molar-refractivity contribution is 5.94. The van der Waals surface area contributed by atoms with Gasteiger partial charge in [0, 0.05) is 42.0 Å². The summed E-state index contributed by atoms with van der Waals surface area (Å²) in [5.74, 6) is 0.212. The normalized spacial score (nSPS) is 17.5. The molecule has 1 aliphatic rings. The van der Waals surface area contributed by atoms with Crippen LogP contribution in [0.4, 0.5) is 5.82 Å². The highest BCUT2D eigenvalue weighted by atomic mass is 16.5. The third-order valence-electron chi connectivity index (χ3n) is 4.70. The molecular weight excluding hydrogens is 356 g/mol. The van der Waals surface area contributed by atoms with Crippen molar-refractivity contribution in [3.63, 3.8) is 0 Å². The average Bonchev–Trinajstić information content (AvgIpc) is 2.68. The molecule has 1 aliphatic heterocycles. The number of nitrogens with zero attached hydrogens (tertiary/aromatic N) is 2. The number of dihydropyridines is 1. The minimum Gasteiger partial charge on any atom is -0.391 e. The lowest BCUT2D eigenvalue weighted by Gasteiger charge is -2.26. The number of aliphatic hydroxyl groups excluding tert-OH is 1. The zero-order chi connectivity index (χ0) is 20.1. The zero-order valence-corrected chi connectivity index (χ0v) is 16.4.